The highest BCUT2D eigenvalue weighted by Crippen LogP contribution is 2.32. The fourth-order valence-electron chi connectivity index (χ4n) is 2.89. The van der Waals surface area contributed by atoms with Gasteiger partial charge in [0, 0.05) is 33.0 Å². The highest BCUT2D eigenvalue weighted by Gasteiger charge is 2.20. The molecule has 0 aliphatic carbocycles. The van der Waals surface area contributed by atoms with Crippen LogP contribution < -0.4 is 10.6 Å². The van der Waals surface area contributed by atoms with E-state index in [1.165, 1.54) is 23.1 Å². The number of thioether (sulfide) groups is 1. The molecule has 0 aliphatic rings. The molecule has 1 aromatic heterocycles. The van der Waals surface area contributed by atoms with Gasteiger partial charge in [0.2, 0.25) is 11.8 Å². The van der Waals surface area contributed by atoms with Crippen molar-refractivity contribution in [3.05, 3.63) is 58.9 Å². The van der Waals surface area contributed by atoms with Crippen molar-refractivity contribution in [3.63, 3.8) is 0 Å². The van der Waals surface area contributed by atoms with Gasteiger partial charge in [0.05, 0.1) is 10.9 Å². The van der Waals surface area contributed by atoms with Gasteiger partial charge >= 0.3 is 0 Å². The molecule has 162 valence electrons. The summed E-state index contributed by atoms with van der Waals surface area (Å²) in [6.45, 7) is 3.94. The number of nitrogens with zero attached hydrogens (tertiary/aromatic N) is 1. The van der Waals surface area contributed by atoms with Crippen molar-refractivity contribution in [2.75, 3.05) is 10.6 Å². The molecule has 0 bridgehead atoms. The van der Waals surface area contributed by atoms with Gasteiger partial charge < -0.3 is 10.6 Å². The van der Waals surface area contributed by atoms with Gasteiger partial charge in [-0.15, -0.1) is 23.1 Å². The third-order valence-corrected chi connectivity index (χ3v) is 6.87. The van der Waals surface area contributed by atoms with Crippen LogP contribution in [0.1, 0.15) is 33.1 Å². The second kappa shape index (κ2) is 11.3. The van der Waals surface area contributed by atoms with Gasteiger partial charge in [-0.05, 0) is 37.1 Å². The number of rotatable bonds is 9. The summed E-state index contributed by atoms with van der Waals surface area (Å²) >= 11 is 9.09. The monoisotopic (exact) mass is 473 g/mol. The Hall–Kier alpha value is -2.35. The standard InChI is InChI=1S/C23H24ClN3O2S2/c1-3-8-21(28)25-15-9-7-10-16(13-15)31-20(4-2)22(29)27-23-26-19(14-30-23)17-11-5-6-12-18(17)24/h5-7,9-14,20H,3-4,8H2,1-2H3,(H,25,28)(H,26,27,29). The minimum atomic E-state index is -0.283. The summed E-state index contributed by atoms with van der Waals surface area (Å²) in [5, 5.41) is 8.58. The van der Waals surface area contributed by atoms with Gasteiger partial charge in [-0.1, -0.05) is 49.7 Å². The number of hydrogen-bond acceptors (Lipinski definition) is 5. The number of anilines is 2. The van der Waals surface area contributed by atoms with Crippen molar-refractivity contribution in [2.45, 2.75) is 43.3 Å². The van der Waals surface area contributed by atoms with E-state index >= 15 is 0 Å². The average Bonchev–Trinajstić information content (AvgIpc) is 3.20. The molecule has 3 rings (SSSR count). The Bertz CT molecular complexity index is 1050. The number of hydrogen-bond donors (Lipinski definition) is 2. The molecule has 1 atom stereocenters. The molecule has 2 amide bonds. The zero-order valence-electron chi connectivity index (χ0n) is 17.4. The number of carbonyl (C=O) groups is 2. The lowest BCUT2D eigenvalue weighted by molar-refractivity contribution is -0.116. The van der Waals surface area contributed by atoms with Gasteiger partial charge in [-0.2, -0.15) is 0 Å². The van der Waals surface area contributed by atoms with Crippen molar-refractivity contribution in [1.29, 1.82) is 0 Å². The van der Waals surface area contributed by atoms with Crippen LogP contribution in [0, 0.1) is 0 Å². The Labute approximate surface area is 195 Å². The number of halogens is 1. The van der Waals surface area contributed by atoms with Crippen molar-refractivity contribution < 1.29 is 9.59 Å². The largest absolute Gasteiger partial charge is 0.326 e. The van der Waals surface area contributed by atoms with E-state index in [0.717, 1.165) is 28.3 Å². The van der Waals surface area contributed by atoms with Crippen molar-refractivity contribution in [1.82, 2.24) is 4.98 Å². The Kier molecular flexibility index (Phi) is 8.51. The lowest BCUT2D eigenvalue weighted by Gasteiger charge is -2.14. The molecular formula is C23H24ClN3O2S2. The molecule has 3 aromatic rings. The molecule has 8 heteroatoms. The highest BCUT2D eigenvalue weighted by molar-refractivity contribution is 8.00. The molecule has 5 nitrogen and oxygen atoms in total. The first-order valence-corrected chi connectivity index (χ1v) is 12.2. The summed E-state index contributed by atoms with van der Waals surface area (Å²) in [7, 11) is 0. The molecule has 31 heavy (non-hydrogen) atoms. The van der Waals surface area contributed by atoms with Crippen LogP contribution in [0.5, 0.6) is 0 Å². The van der Waals surface area contributed by atoms with E-state index in [9.17, 15) is 9.59 Å². The number of carbonyl (C=O) groups excluding carboxylic acids is 2. The fourth-order valence-corrected chi connectivity index (χ4v) is 4.85. The molecule has 1 unspecified atom stereocenters. The van der Waals surface area contributed by atoms with E-state index in [0.29, 0.717) is 23.0 Å². The predicted octanol–water partition coefficient (Wildman–Crippen LogP) is 6.71. The smallest absolute Gasteiger partial charge is 0.239 e. The SMILES string of the molecule is CCCC(=O)Nc1cccc(SC(CC)C(=O)Nc2nc(-c3ccccc3Cl)cs2)c1. The Morgan fingerprint density at radius 3 is 2.68 bits per heavy atom. The van der Waals surface area contributed by atoms with E-state index in [1.807, 2.05) is 67.8 Å². The summed E-state index contributed by atoms with van der Waals surface area (Å²) < 4.78 is 0. The van der Waals surface area contributed by atoms with Crippen molar-refractivity contribution in [2.24, 2.45) is 0 Å². The van der Waals surface area contributed by atoms with E-state index in [4.69, 9.17) is 11.6 Å². The maximum atomic E-state index is 12.8. The number of amides is 2. The molecule has 1 heterocycles. The number of nitrogens with one attached hydrogen (secondary N) is 2. The van der Waals surface area contributed by atoms with E-state index in [1.54, 1.807) is 0 Å². The van der Waals surface area contributed by atoms with Crippen molar-refractivity contribution in [3.8, 4) is 11.3 Å². The van der Waals surface area contributed by atoms with E-state index in [-0.39, 0.29) is 17.1 Å². The number of aromatic nitrogens is 1. The molecule has 0 fully saturated rings. The summed E-state index contributed by atoms with van der Waals surface area (Å²) in [6, 6.07) is 15.1. The third-order valence-electron chi connectivity index (χ3n) is 4.42. The van der Waals surface area contributed by atoms with E-state index in [2.05, 4.69) is 15.6 Å². The summed E-state index contributed by atoms with van der Waals surface area (Å²) in [4.78, 5) is 30.1. The van der Waals surface area contributed by atoms with Crippen LogP contribution in [0.4, 0.5) is 10.8 Å². The predicted molar refractivity (Wildman–Crippen MR) is 131 cm³/mol. The molecule has 0 saturated heterocycles. The van der Waals surface area contributed by atoms with Crippen LogP contribution in [0.25, 0.3) is 11.3 Å². The average molecular weight is 474 g/mol. The quantitative estimate of drug-likeness (QED) is 0.339. The minimum Gasteiger partial charge on any atom is -0.326 e. The first-order chi connectivity index (χ1) is 15.0. The maximum absolute atomic E-state index is 12.8. The zero-order valence-corrected chi connectivity index (χ0v) is 19.7. The van der Waals surface area contributed by atoms with Gasteiger partial charge in [-0.3, -0.25) is 9.59 Å². The van der Waals surface area contributed by atoms with Crippen LogP contribution >= 0.6 is 34.7 Å². The summed E-state index contributed by atoms with van der Waals surface area (Å²) in [5.41, 5.74) is 2.31. The molecule has 2 aromatic carbocycles. The Balaban J connectivity index is 1.65. The molecule has 0 saturated carbocycles. The van der Waals surface area contributed by atoms with Crippen LogP contribution in [0.3, 0.4) is 0 Å². The van der Waals surface area contributed by atoms with Crippen LogP contribution in [-0.4, -0.2) is 22.0 Å². The molecule has 0 spiro atoms. The maximum Gasteiger partial charge on any atom is 0.239 e. The lowest BCUT2D eigenvalue weighted by Crippen LogP contribution is -2.24. The Morgan fingerprint density at radius 2 is 1.94 bits per heavy atom. The first-order valence-electron chi connectivity index (χ1n) is 10.1. The van der Waals surface area contributed by atoms with Gasteiger partial charge in [0.1, 0.15) is 0 Å². The van der Waals surface area contributed by atoms with Crippen LogP contribution in [-0.2, 0) is 9.59 Å². The van der Waals surface area contributed by atoms with Gasteiger partial charge in [-0.25, -0.2) is 4.98 Å². The lowest BCUT2D eigenvalue weighted by atomic mass is 10.2. The number of thiazole rings is 1. The highest BCUT2D eigenvalue weighted by atomic mass is 35.5. The Morgan fingerprint density at radius 1 is 1.13 bits per heavy atom. The van der Waals surface area contributed by atoms with E-state index < -0.39 is 0 Å². The van der Waals surface area contributed by atoms with Crippen LogP contribution in [0.15, 0.2) is 58.8 Å². The first kappa shape index (κ1) is 23.3. The van der Waals surface area contributed by atoms with Gasteiger partial charge in [0.25, 0.3) is 0 Å². The summed E-state index contributed by atoms with van der Waals surface area (Å²) in [6.07, 6.45) is 1.94. The normalized spacial score (nSPS) is 11.7. The third kappa shape index (κ3) is 6.56. The zero-order chi connectivity index (χ0) is 22.2. The molecule has 0 aliphatic heterocycles. The second-order valence-corrected chi connectivity index (χ2v) is 9.39. The second-order valence-electron chi connectivity index (χ2n) is 6.85. The van der Waals surface area contributed by atoms with Gasteiger partial charge in [0.15, 0.2) is 5.13 Å². The fraction of sp³-hybridized carbons (Fsp3) is 0.261. The minimum absolute atomic E-state index is 0.00692. The molecular weight excluding hydrogens is 450 g/mol. The molecule has 0 radical (unpaired) electrons. The molecule has 2 N–H and O–H groups in total. The summed E-state index contributed by atoms with van der Waals surface area (Å²) in [5.74, 6) is -0.111. The number of benzene rings is 2. The topological polar surface area (TPSA) is 71.1 Å². The van der Waals surface area contributed by atoms with Crippen LogP contribution in [0.2, 0.25) is 5.02 Å². The van der Waals surface area contributed by atoms with Crippen molar-refractivity contribution >= 4 is 57.3 Å².